The van der Waals surface area contributed by atoms with Gasteiger partial charge in [0.05, 0.1) is 122 Å². The highest BCUT2D eigenvalue weighted by Crippen LogP contribution is 2.32. The molecular weight excluding hydrogens is 772 g/mol. The van der Waals surface area contributed by atoms with E-state index >= 15 is 0 Å². The van der Waals surface area contributed by atoms with Gasteiger partial charge in [-0.15, -0.1) is 0 Å². The van der Waals surface area contributed by atoms with Crippen molar-refractivity contribution in [3.63, 3.8) is 0 Å². The summed E-state index contributed by atoms with van der Waals surface area (Å²) >= 11 is 0. The van der Waals surface area contributed by atoms with Crippen LogP contribution in [0.3, 0.4) is 0 Å². The lowest BCUT2D eigenvalue weighted by molar-refractivity contribution is -0.136. The number of anilines is 2. The molecule has 1 saturated heterocycles. The monoisotopic (exact) mass is 830 g/mol. The summed E-state index contributed by atoms with van der Waals surface area (Å²) in [6.07, 6.45) is 2.44. The molecule has 4 N–H and O–H groups in total. The number of piperidine rings is 1. The van der Waals surface area contributed by atoms with Crippen LogP contribution in [-0.4, -0.2) is 153 Å². The summed E-state index contributed by atoms with van der Waals surface area (Å²) in [5.74, 6) is -2.07. The second-order valence-corrected chi connectivity index (χ2v) is 13.3. The van der Waals surface area contributed by atoms with Crippen LogP contribution in [0.15, 0.2) is 42.5 Å². The fraction of sp³-hybridized carbons (Fsp3) is 0.585. The molecule has 2 aliphatic rings. The fourth-order valence-electron chi connectivity index (χ4n) is 5.96. The lowest BCUT2D eigenvalue weighted by Crippen LogP contribution is -2.54. The zero-order chi connectivity index (χ0) is 41.9. The summed E-state index contributed by atoms with van der Waals surface area (Å²) in [6.45, 7) is 7.89. The Morgan fingerprint density at radius 1 is 0.627 bits per heavy atom. The standard InChI is InChI=1S/C41H58N4O14/c42-32-8-3-4-10-35(32)59-30-29-58-28-27-57-26-25-56-24-23-55-22-21-54-20-19-53-18-17-52-16-15-51-14-5-1-2-11-36(46)43-33-9-6-7-31-38(33)41(50)45(40(31)49)34-12-13-37(47)44-39(34)48/h3-4,6-10,34H,1-2,5,11-30,42H2,(H,43,46)(H,44,47,48). The van der Waals surface area contributed by atoms with E-state index in [2.05, 4.69) is 10.6 Å². The van der Waals surface area contributed by atoms with E-state index in [1.165, 1.54) is 6.07 Å². The molecule has 0 saturated carbocycles. The molecule has 18 heteroatoms. The van der Waals surface area contributed by atoms with Crippen LogP contribution in [0.2, 0.25) is 0 Å². The van der Waals surface area contributed by atoms with E-state index in [-0.39, 0.29) is 42.0 Å². The predicted octanol–water partition coefficient (Wildman–Crippen LogP) is 2.38. The van der Waals surface area contributed by atoms with E-state index in [0.29, 0.717) is 130 Å². The second-order valence-electron chi connectivity index (χ2n) is 13.3. The van der Waals surface area contributed by atoms with Crippen molar-refractivity contribution in [3.8, 4) is 5.75 Å². The molecule has 0 aromatic heterocycles. The van der Waals surface area contributed by atoms with Gasteiger partial charge in [-0.3, -0.25) is 34.2 Å². The first kappa shape index (κ1) is 47.2. The van der Waals surface area contributed by atoms with Gasteiger partial charge in [-0.2, -0.15) is 0 Å². The minimum atomic E-state index is -1.07. The van der Waals surface area contributed by atoms with Gasteiger partial charge in [0.1, 0.15) is 18.4 Å². The number of carbonyl (C=O) groups is 5. The number of hydrogen-bond donors (Lipinski definition) is 3. The predicted molar refractivity (Wildman–Crippen MR) is 213 cm³/mol. The Balaban J connectivity index is 0.847. The second kappa shape index (κ2) is 28.0. The third-order valence-electron chi connectivity index (χ3n) is 8.94. The molecule has 1 atom stereocenters. The number of carbonyl (C=O) groups excluding carboxylic acids is 5. The number of amides is 5. The molecule has 0 bridgehead atoms. The van der Waals surface area contributed by atoms with Gasteiger partial charge in [0.25, 0.3) is 11.8 Å². The number of benzene rings is 2. The maximum Gasteiger partial charge on any atom is 0.264 e. The largest absolute Gasteiger partial charge is 0.489 e. The van der Waals surface area contributed by atoms with Crippen LogP contribution in [0.25, 0.3) is 0 Å². The Bertz CT molecular complexity index is 1610. The van der Waals surface area contributed by atoms with E-state index in [1.807, 2.05) is 18.2 Å². The first-order valence-corrected chi connectivity index (χ1v) is 20.1. The van der Waals surface area contributed by atoms with Crippen molar-refractivity contribution in [1.29, 1.82) is 0 Å². The summed E-state index contributed by atoms with van der Waals surface area (Å²) in [7, 11) is 0. The smallest absolute Gasteiger partial charge is 0.264 e. The van der Waals surface area contributed by atoms with E-state index in [9.17, 15) is 24.0 Å². The average Bonchev–Trinajstić information content (AvgIpc) is 3.48. The zero-order valence-corrected chi connectivity index (χ0v) is 33.6. The van der Waals surface area contributed by atoms with Crippen LogP contribution in [0.5, 0.6) is 5.75 Å². The van der Waals surface area contributed by atoms with Gasteiger partial charge >= 0.3 is 0 Å². The van der Waals surface area contributed by atoms with Crippen molar-refractivity contribution in [2.75, 3.05) is 123 Å². The number of rotatable bonds is 33. The van der Waals surface area contributed by atoms with Crippen LogP contribution in [0.1, 0.15) is 59.2 Å². The number of unbranched alkanes of at least 4 members (excludes halogenated alkanes) is 2. The number of nitrogen functional groups attached to an aromatic ring is 1. The Kier molecular flexibility index (Phi) is 22.4. The van der Waals surface area contributed by atoms with Crippen molar-refractivity contribution in [1.82, 2.24) is 10.2 Å². The van der Waals surface area contributed by atoms with Crippen molar-refractivity contribution in [2.45, 2.75) is 44.6 Å². The molecule has 326 valence electrons. The van der Waals surface area contributed by atoms with E-state index < -0.39 is 29.7 Å². The molecule has 1 fully saturated rings. The van der Waals surface area contributed by atoms with Crippen LogP contribution in [-0.2, 0) is 52.3 Å². The average molecular weight is 831 g/mol. The Morgan fingerprint density at radius 2 is 1.15 bits per heavy atom. The van der Waals surface area contributed by atoms with Crippen molar-refractivity contribution in [2.24, 2.45) is 0 Å². The normalized spacial score (nSPS) is 15.1. The van der Waals surface area contributed by atoms with Gasteiger partial charge in [-0.25, -0.2) is 0 Å². The highest BCUT2D eigenvalue weighted by atomic mass is 16.6. The number of ether oxygens (including phenoxy) is 9. The number of fused-ring (bicyclic) bond motifs is 1. The minimum Gasteiger partial charge on any atom is -0.489 e. The quantitative estimate of drug-likeness (QED) is 0.0534. The van der Waals surface area contributed by atoms with Gasteiger partial charge in [0.15, 0.2) is 0 Å². The molecule has 2 heterocycles. The molecule has 59 heavy (non-hydrogen) atoms. The molecule has 4 rings (SSSR count). The molecular formula is C41H58N4O14. The van der Waals surface area contributed by atoms with Crippen molar-refractivity contribution < 1.29 is 66.6 Å². The molecule has 2 aromatic carbocycles. The molecule has 5 amide bonds. The summed E-state index contributed by atoms with van der Waals surface area (Å²) in [6, 6.07) is 10.9. The van der Waals surface area contributed by atoms with Crippen LogP contribution >= 0.6 is 0 Å². The van der Waals surface area contributed by atoms with Gasteiger partial charge in [0.2, 0.25) is 17.7 Å². The molecule has 0 radical (unpaired) electrons. The van der Waals surface area contributed by atoms with Gasteiger partial charge < -0.3 is 53.7 Å². The maximum absolute atomic E-state index is 13.2. The Labute approximate surface area is 344 Å². The summed E-state index contributed by atoms with van der Waals surface area (Å²) in [5.41, 5.74) is 6.81. The zero-order valence-electron chi connectivity index (χ0n) is 33.6. The van der Waals surface area contributed by atoms with Crippen LogP contribution in [0, 0.1) is 0 Å². The van der Waals surface area contributed by atoms with E-state index in [0.717, 1.165) is 17.7 Å². The number of nitrogens with one attached hydrogen (secondary N) is 2. The van der Waals surface area contributed by atoms with E-state index in [4.69, 9.17) is 48.4 Å². The SMILES string of the molecule is Nc1ccccc1OCCOCCOCCOCCOCCOCCOCCOCCOCCCCCC(=O)Nc1cccc2c1C(=O)N(C1CCC(=O)NC1=O)C2=O. The Hall–Kier alpha value is -4.53. The highest BCUT2D eigenvalue weighted by molar-refractivity contribution is 6.26. The molecule has 2 aliphatic heterocycles. The van der Waals surface area contributed by atoms with Crippen molar-refractivity contribution >= 4 is 40.9 Å². The number of nitrogens with zero attached hydrogens (tertiary/aromatic N) is 1. The lowest BCUT2D eigenvalue weighted by Gasteiger charge is -2.27. The molecule has 1 unspecified atom stereocenters. The number of hydrogen-bond acceptors (Lipinski definition) is 15. The van der Waals surface area contributed by atoms with Gasteiger partial charge in [-0.05, 0) is 43.5 Å². The number of para-hydroxylation sites is 2. The minimum absolute atomic E-state index is 0.0274. The highest BCUT2D eigenvalue weighted by Gasteiger charge is 2.45. The maximum atomic E-state index is 13.2. The molecule has 0 aliphatic carbocycles. The van der Waals surface area contributed by atoms with E-state index in [1.54, 1.807) is 18.2 Å². The van der Waals surface area contributed by atoms with Crippen LogP contribution < -0.4 is 21.1 Å². The van der Waals surface area contributed by atoms with Crippen molar-refractivity contribution in [3.05, 3.63) is 53.6 Å². The number of nitrogens with two attached hydrogens (primary N) is 1. The fourth-order valence-corrected chi connectivity index (χ4v) is 5.96. The third kappa shape index (κ3) is 17.3. The van der Waals surface area contributed by atoms with Crippen LogP contribution in [0.4, 0.5) is 11.4 Å². The molecule has 2 aromatic rings. The summed E-state index contributed by atoms with van der Waals surface area (Å²) in [4.78, 5) is 63.6. The van der Waals surface area contributed by atoms with Gasteiger partial charge in [-0.1, -0.05) is 24.6 Å². The molecule has 18 nitrogen and oxygen atoms in total. The molecule has 0 spiro atoms. The summed E-state index contributed by atoms with van der Waals surface area (Å²) in [5, 5.41) is 4.90. The first-order chi connectivity index (χ1) is 28.9. The first-order valence-electron chi connectivity index (χ1n) is 20.1. The summed E-state index contributed by atoms with van der Waals surface area (Å²) < 4.78 is 49.6. The number of imide groups is 2. The lowest BCUT2D eigenvalue weighted by atomic mass is 10.0. The Morgan fingerprint density at radius 3 is 1.69 bits per heavy atom. The van der Waals surface area contributed by atoms with Gasteiger partial charge in [0, 0.05) is 19.4 Å². The third-order valence-corrected chi connectivity index (χ3v) is 8.94. The topological polar surface area (TPSA) is 222 Å².